The zero-order valence-electron chi connectivity index (χ0n) is 8.49. The van der Waals surface area contributed by atoms with Gasteiger partial charge in [-0.2, -0.15) is 0 Å². The SMILES string of the molecule is CC[C@](O)(c1ccccc1)N(C)C. The fraction of sp³-hybridized carbons (Fsp3) is 0.455. The second-order valence-electron chi connectivity index (χ2n) is 3.43. The normalized spacial score (nSPS) is 15.8. The van der Waals surface area contributed by atoms with E-state index in [1.54, 1.807) is 0 Å². The zero-order valence-corrected chi connectivity index (χ0v) is 8.49. The molecule has 0 fully saturated rings. The minimum absolute atomic E-state index is 0.685. The van der Waals surface area contributed by atoms with E-state index >= 15 is 0 Å². The summed E-state index contributed by atoms with van der Waals surface area (Å²) < 4.78 is 0. The van der Waals surface area contributed by atoms with Crippen LogP contribution in [0.4, 0.5) is 0 Å². The van der Waals surface area contributed by atoms with Crippen LogP contribution in [0.15, 0.2) is 30.3 Å². The van der Waals surface area contributed by atoms with E-state index in [1.807, 2.05) is 56.3 Å². The van der Waals surface area contributed by atoms with Crippen molar-refractivity contribution in [2.24, 2.45) is 0 Å². The number of rotatable bonds is 3. The quantitative estimate of drug-likeness (QED) is 0.715. The van der Waals surface area contributed by atoms with E-state index in [0.29, 0.717) is 6.42 Å². The van der Waals surface area contributed by atoms with Crippen molar-refractivity contribution in [1.29, 1.82) is 0 Å². The van der Waals surface area contributed by atoms with Gasteiger partial charge in [0.25, 0.3) is 0 Å². The average molecular weight is 179 g/mol. The van der Waals surface area contributed by atoms with Crippen LogP contribution in [0.1, 0.15) is 18.9 Å². The molecular weight excluding hydrogens is 162 g/mol. The number of nitrogens with zero attached hydrogens (tertiary/aromatic N) is 1. The van der Waals surface area contributed by atoms with Crippen molar-refractivity contribution < 1.29 is 5.11 Å². The Morgan fingerprint density at radius 2 is 1.77 bits per heavy atom. The fourth-order valence-corrected chi connectivity index (χ4v) is 1.48. The second-order valence-corrected chi connectivity index (χ2v) is 3.43. The van der Waals surface area contributed by atoms with Gasteiger partial charge >= 0.3 is 0 Å². The van der Waals surface area contributed by atoms with Gasteiger partial charge in [-0.3, -0.25) is 4.90 Å². The van der Waals surface area contributed by atoms with Crippen molar-refractivity contribution in [2.45, 2.75) is 19.1 Å². The minimum atomic E-state index is -0.832. The number of hydrogen-bond donors (Lipinski definition) is 1. The molecule has 13 heavy (non-hydrogen) atoms. The summed E-state index contributed by atoms with van der Waals surface area (Å²) in [5, 5.41) is 10.3. The lowest BCUT2D eigenvalue weighted by molar-refractivity contribution is -0.0922. The van der Waals surface area contributed by atoms with Gasteiger partial charge in [0.2, 0.25) is 0 Å². The predicted molar refractivity (Wildman–Crippen MR) is 54.3 cm³/mol. The third kappa shape index (κ3) is 1.90. The summed E-state index contributed by atoms with van der Waals surface area (Å²) >= 11 is 0. The van der Waals surface area contributed by atoms with Gasteiger partial charge in [0, 0.05) is 0 Å². The molecule has 0 radical (unpaired) electrons. The van der Waals surface area contributed by atoms with E-state index in [0.717, 1.165) is 5.56 Å². The Morgan fingerprint density at radius 3 is 2.15 bits per heavy atom. The number of hydrogen-bond acceptors (Lipinski definition) is 2. The van der Waals surface area contributed by atoms with Gasteiger partial charge in [0.1, 0.15) is 5.72 Å². The molecule has 1 aromatic carbocycles. The monoisotopic (exact) mass is 179 g/mol. The Balaban J connectivity index is 3.03. The van der Waals surface area contributed by atoms with Crippen LogP contribution in [0.2, 0.25) is 0 Å². The summed E-state index contributed by atoms with van der Waals surface area (Å²) in [6.45, 7) is 1.98. The van der Waals surface area contributed by atoms with Crippen LogP contribution in [0.25, 0.3) is 0 Å². The lowest BCUT2D eigenvalue weighted by Gasteiger charge is -2.34. The fourth-order valence-electron chi connectivity index (χ4n) is 1.48. The molecule has 0 heterocycles. The van der Waals surface area contributed by atoms with Crippen LogP contribution in [-0.2, 0) is 5.72 Å². The van der Waals surface area contributed by atoms with Gasteiger partial charge in [-0.15, -0.1) is 0 Å². The van der Waals surface area contributed by atoms with Gasteiger partial charge in [-0.1, -0.05) is 37.3 Å². The van der Waals surface area contributed by atoms with Crippen molar-refractivity contribution in [3.05, 3.63) is 35.9 Å². The largest absolute Gasteiger partial charge is 0.371 e. The van der Waals surface area contributed by atoms with E-state index in [2.05, 4.69) is 0 Å². The van der Waals surface area contributed by atoms with Gasteiger partial charge in [-0.25, -0.2) is 0 Å². The summed E-state index contributed by atoms with van der Waals surface area (Å²) in [4.78, 5) is 1.84. The first kappa shape index (κ1) is 10.2. The first-order valence-electron chi connectivity index (χ1n) is 4.56. The Hall–Kier alpha value is -0.860. The smallest absolute Gasteiger partial charge is 0.143 e. The van der Waals surface area contributed by atoms with Crippen LogP contribution in [0.5, 0.6) is 0 Å². The summed E-state index contributed by atoms with van der Waals surface area (Å²) in [6, 6.07) is 9.74. The van der Waals surface area contributed by atoms with E-state index in [1.165, 1.54) is 0 Å². The molecular formula is C11H17NO. The molecule has 0 aliphatic rings. The predicted octanol–water partition coefficient (Wildman–Crippen LogP) is 1.80. The minimum Gasteiger partial charge on any atom is -0.371 e. The van der Waals surface area contributed by atoms with E-state index in [4.69, 9.17) is 0 Å². The first-order valence-corrected chi connectivity index (χ1v) is 4.56. The van der Waals surface area contributed by atoms with E-state index < -0.39 is 5.72 Å². The third-order valence-corrected chi connectivity index (χ3v) is 2.47. The highest BCUT2D eigenvalue weighted by molar-refractivity contribution is 5.21. The van der Waals surface area contributed by atoms with Crippen molar-refractivity contribution in [3.63, 3.8) is 0 Å². The number of benzene rings is 1. The molecule has 72 valence electrons. The van der Waals surface area contributed by atoms with Crippen molar-refractivity contribution in [3.8, 4) is 0 Å². The molecule has 0 saturated heterocycles. The molecule has 1 rings (SSSR count). The average Bonchev–Trinajstić information content (AvgIpc) is 2.17. The summed E-state index contributed by atoms with van der Waals surface area (Å²) in [7, 11) is 3.77. The topological polar surface area (TPSA) is 23.5 Å². The van der Waals surface area contributed by atoms with Crippen molar-refractivity contribution in [2.75, 3.05) is 14.1 Å². The van der Waals surface area contributed by atoms with E-state index in [9.17, 15) is 5.11 Å². The van der Waals surface area contributed by atoms with Crippen molar-refractivity contribution >= 4 is 0 Å². The van der Waals surface area contributed by atoms with Crippen LogP contribution in [0.3, 0.4) is 0 Å². The third-order valence-electron chi connectivity index (χ3n) is 2.47. The molecule has 0 unspecified atom stereocenters. The highest BCUT2D eigenvalue weighted by Gasteiger charge is 2.28. The summed E-state index contributed by atoms with van der Waals surface area (Å²) in [5.41, 5.74) is 0.115. The lowest BCUT2D eigenvalue weighted by Crippen LogP contribution is -2.40. The molecule has 1 N–H and O–H groups in total. The van der Waals surface area contributed by atoms with Gasteiger partial charge in [0.05, 0.1) is 0 Å². The molecule has 0 aromatic heterocycles. The van der Waals surface area contributed by atoms with E-state index in [-0.39, 0.29) is 0 Å². The van der Waals surface area contributed by atoms with Crippen LogP contribution in [-0.4, -0.2) is 24.1 Å². The molecule has 2 heteroatoms. The molecule has 0 aliphatic carbocycles. The maximum Gasteiger partial charge on any atom is 0.143 e. The molecule has 0 spiro atoms. The molecule has 0 amide bonds. The molecule has 2 nitrogen and oxygen atoms in total. The summed E-state index contributed by atoms with van der Waals surface area (Å²) in [6.07, 6.45) is 0.685. The Kier molecular flexibility index (Phi) is 3.07. The van der Waals surface area contributed by atoms with Crippen LogP contribution >= 0.6 is 0 Å². The molecule has 0 saturated carbocycles. The Bertz CT molecular complexity index is 258. The second kappa shape index (κ2) is 3.90. The van der Waals surface area contributed by atoms with Gasteiger partial charge < -0.3 is 5.11 Å². The van der Waals surface area contributed by atoms with Gasteiger partial charge in [0.15, 0.2) is 0 Å². The molecule has 0 bridgehead atoms. The molecule has 0 aliphatic heterocycles. The van der Waals surface area contributed by atoms with Gasteiger partial charge in [-0.05, 0) is 26.1 Å². The van der Waals surface area contributed by atoms with Crippen LogP contribution < -0.4 is 0 Å². The number of aliphatic hydroxyl groups is 1. The standard InChI is InChI=1S/C11H17NO/c1-4-11(13,12(2)3)10-8-6-5-7-9-10/h5-9,13H,4H2,1-3H3/t11-/m0/s1. The highest BCUT2D eigenvalue weighted by Crippen LogP contribution is 2.26. The van der Waals surface area contributed by atoms with Crippen molar-refractivity contribution in [1.82, 2.24) is 4.90 Å². The Morgan fingerprint density at radius 1 is 1.23 bits per heavy atom. The summed E-state index contributed by atoms with van der Waals surface area (Å²) in [5.74, 6) is 0. The maximum absolute atomic E-state index is 10.3. The maximum atomic E-state index is 10.3. The lowest BCUT2D eigenvalue weighted by atomic mass is 9.99. The first-order chi connectivity index (χ1) is 6.11. The zero-order chi connectivity index (χ0) is 9.90. The highest BCUT2D eigenvalue weighted by atomic mass is 16.3. The van der Waals surface area contributed by atoms with Crippen LogP contribution in [0, 0.1) is 0 Å². The molecule has 1 aromatic rings. The Labute approximate surface area is 79.8 Å². The molecule has 1 atom stereocenters.